The molecule has 0 bridgehead atoms. The number of aromatic hydroxyl groups is 1. The highest BCUT2D eigenvalue weighted by molar-refractivity contribution is 5.95. The molecule has 5 atom stereocenters. The van der Waals surface area contributed by atoms with Crippen LogP contribution in [0.5, 0.6) is 5.75 Å². The first kappa shape index (κ1) is 36.1. The molecular weight excluding hydrogens is 570 g/mol. The van der Waals surface area contributed by atoms with Crippen molar-refractivity contribution in [3.63, 3.8) is 0 Å². The third-order valence-corrected chi connectivity index (χ3v) is 5.83. The number of nitrogens with zero attached hydrogens (tertiary/aromatic N) is 1. The summed E-state index contributed by atoms with van der Waals surface area (Å²) in [6.45, 7) is 0.531. The molecule has 18 heteroatoms. The number of benzene rings is 1. The Morgan fingerprint density at radius 2 is 1.53 bits per heavy atom. The quantitative estimate of drug-likeness (QED) is 0.0424. The Morgan fingerprint density at radius 1 is 0.907 bits per heavy atom. The summed E-state index contributed by atoms with van der Waals surface area (Å²) in [5.41, 5.74) is 22.3. The number of hydrogen-bond acceptors (Lipinski definition) is 10. The van der Waals surface area contributed by atoms with E-state index in [4.69, 9.17) is 22.9 Å². The van der Waals surface area contributed by atoms with Gasteiger partial charge in [0.05, 0.1) is 25.1 Å². The van der Waals surface area contributed by atoms with Crippen LogP contribution in [0.2, 0.25) is 0 Å². The number of carboxylic acid groups (broad SMARTS) is 1. The lowest BCUT2D eigenvalue weighted by molar-refractivity contribution is -0.145. The van der Waals surface area contributed by atoms with Crippen molar-refractivity contribution in [3.8, 4) is 5.75 Å². The molecule has 18 nitrogen and oxygen atoms in total. The van der Waals surface area contributed by atoms with Gasteiger partial charge in [0, 0.05) is 6.54 Å². The number of phenolic OH excluding ortho intramolecular Hbond substituents is 1. The van der Waals surface area contributed by atoms with E-state index in [1.54, 1.807) is 12.1 Å². The number of phenols is 1. The first-order chi connectivity index (χ1) is 20.1. The van der Waals surface area contributed by atoms with Gasteiger partial charge in [0.2, 0.25) is 29.5 Å². The molecule has 43 heavy (non-hydrogen) atoms. The molecule has 0 aliphatic heterocycles. The van der Waals surface area contributed by atoms with Crippen molar-refractivity contribution < 1.29 is 44.1 Å². The summed E-state index contributed by atoms with van der Waals surface area (Å²) in [7, 11) is 0. The Morgan fingerprint density at radius 3 is 2.07 bits per heavy atom. The van der Waals surface area contributed by atoms with Gasteiger partial charge in [0.1, 0.15) is 17.8 Å². The maximum Gasteiger partial charge on any atom is 0.328 e. The number of carbonyl (C=O) groups excluding carboxylic acids is 5. The van der Waals surface area contributed by atoms with Gasteiger partial charge in [-0.3, -0.25) is 29.0 Å². The van der Waals surface area contributed by atoms with Crippen molar-refractivity contribution >= 4 is 41.5 Å². The van der Waals surface area contributed by atoms with Crippen LogP contribution in [0, 0.1) is 0 Å². The topological polar surface area (TPSA) is 328 Å². The number of rotatable bonds is 18. The molecule has 0 aliphatic rings. The fraction of sp³-hybridized carbons (Fsp3) is 0.480. The highest BCUT2D eigenvalue weighted by atomic mass is 16.4. The maximum absolute atomic E-state index is 12.7. The van der Waals surface area contributed by atoms with Crippen LogP contribution in [0.15, 0.2) is 29.3 Å². The number of guanidine groups is 1. The highest BCUT2D eigenvalue weighted by Crippen LogP contribution is 2.11. The van der Waals surface area contributed by atoms with Crippen LogP contribution >= 0.6 is 0 Å². The molecular formula is C25H39N9O9. The summed E-state index contributed by atoms with van der Waals surface area (Å²) in [6, 6.07) is 0.329. The third kappa shape index (κ3) is 14.0. The van der Waals surface area contributed by atoms with Gasteiger partial charge < -0.3 is 59.5 Å². The minimum absolute atomic E-state index is 0.0195. The standard InChI is InChI=1S/C25H39N9O9/c1-12(35)20(24(42)43)34-23(41)16(3-2-8-30-25(28)29)32-19(38)11-31-22(40)17(10-18(27)37)33-21(39)15(26)9-13-4-6-14(36)7-5-13/h4-7,12,15-17,20,35-36H,2-3,8-11,26H2,1H3,(H2,27,37)(H,31,40)(H,32,38)(H,33,39)(H,34,41)(H,42,43)(H4,28,29,30)/t12-,15+,16+,17+,20+/m1/s1. The molecule has 0 saturated heterocycles. The Bertz CT molecular complexity index is 1170. The fourth-order valence-corrected chi connectivity index (χ4v) is 3.62. The maximum atomic E-state index is 12.7. The number of aliphatic hydroxyl groups excluding tert-OH is 1. The van der Waals surface area contributed by atoms with E-state index in [0.29, 0.717) is 5.56 Å². The molecule has 1 rings (SSSR count). The highest BCUT2D eigenvalue weighted by Gasteiger charge is 2.30. The number of aliphatic imine (C=N–C) groups is 1. The number of aliphatic hydroxyl groups is 1. The fourth-order valence-electron chi connectivity index (χ4n) is 3.62. The zero-order valence-corrected chi connectivity index (χ0v) is 23.5. The van der Waals surface area contributed by atoms with Crippen LogP contribution in [0.3, 0.4) is 0 Å². The summed E-state index contributed by atoms with van der Waals surface area (Å²) in [4.78, 5) is 77.3. The second-order valence-corrected chi connectivity index (χ2v) is 9.56. The molecule has 0 spiro atoms. The molecule has 1 aromatic rings. The van der Waals surface area contributed by atoms with Gasteiger partial charge in [0.15, 0.2) is 12.0 Å². The Balaban J connectivity index is 2.85. The number of aliphatic carboxylic acids is 1. The minimum Gasteiger partial charge on any atom is -0.508 e. The number of hydrogen-bond donors (Lipinski definition) is 11. The molecule has 0 fully saturated rings. The van der Waals surface area contributed by atoms with Gasteiger partial charge in [-0.25, -0.2) is 4.79 Å². The molecule has 15 N–H and O–H groups in total. The smallest absolute Gasteiger partial charge is 0.328 e. The SMILES string of the molecule is C[C@@H](O)[C@H](NC(=O)[C@H](CCCN=C(N)N)NC(=O)CNC(=O)[C@H](CC(N)=O)NC(=O)[C@@H](N)Cc1ccc(O)cc1)C(=O)O. The van der Waals surface area contributed by atoms with Crippen LogP contribution in [-0.4, -0.2) is 100 Å². The summed E-state index contributed by atoms with van der Waals surface area (Å²) >= 11 is 0. The van der Waals surface area contributed by atoms with Crippen molar-refractivity contribution in [3.05, 3.63) is 29.8 Å². The molecule has 0 unspecified atom stereocenters. The van der Waals surface area contributed by atoms with Crippen LogP contribution in [0.1, 0.15) is 31.7 Å². The number of primary amides is 1. The van der Waals surface area contributed by atoms with Crippen molar-refractivity contribution in [2.45, 2.75) is 62.9 Å². The zero-order chi connectivity index (χ0) is 32.7. The van der Waals surface area contributed by atoms with Crippen LogP contribution in [0.4, 0.5) is 0 Å². The molecule has 0 aliphatic carbocycles. The molecule has 0 heterocycles. The summed E-state index contributed by atoms with van der Waals surface area (Å²) < 4.78 is 0. The van der Waals surface area contributed by atoms with E-state index in [0.717, 1.165) is 6.92 Å². The lowest BCUT2D eigenvalue weighted by Gasteiger charge is -2.23. The van der Waals surface area contributed by atoms with Crippen LogP contribution in [-0.2, 0) is 35.2 Å². The van der Waals surface area contributed by atoms with Gasteiger partial charge in [-0.05, 0) is 43.9 Å². The Hall–Kier alpha value is -4.97. The Kier molecular flexibility index (Phi) is 14.9. The minimum atomic E-state index is -1.66. The van der Waals surface area contributed by atoms with E-state index in [-0.39, 0.29) is 37.5 Å². The van der Waals surface area contributed by atoms with Gasteiger partial charge >= 0.3 is 5.97 Å². The first-order valence-corrected chi connectivity index (χ1v) is 13.1. The average Bonchev–Trinajstić information content (AvgIpc) is 2.91. The van der Waals surface area contributed by atoms with Crippen molar-refractivity contribution in [1.82, 2.24) is 21.3 Å². The Labute approximate surface area is 246 Å². The van der Waals surface area contributed by atoms with E-state index >= 15 is 0 Å². The number of carboxylic acids is 1. The predicted octanol–water partition coefficient (Wildman–Crippen LogP) is -4.77. The van der Waals surface area contributed by atoms with Gasteiger partial charge in [0.25, 0.3) is 0 Å². The molecule has 0 radical (unpaired) electrons. The van der Waals surface area contributed by atoms with Crippen LogP contribution in [0.25, 0.3) is 0 Å². The molecule has 5 amide bonds. The summed E-state index contributed by atoms with van der Waals surface area (Å²) in [5.74, 6) is -6.17. The molecule has 1 aromatic carbocycles. The van der Waals surface area contributed by atoms with Gasteiger partial charge in [-0.2, -0.15) is 0 Å². The van der Waals surface area contributed by atoms with E-state index < -0.39 is 78.7 Å². The predicted molar refractivity (Wildman–Crippen MR) is 152 cm³/mol. The van der Waals surface area contributed by atoms with E-state index in [1.807, 2.05) is 0 Å². The van der Waals surface area contributed by atoms with Crippen LogP contribution < -0.4 is 44.2 Å². The largest absolute Gasteiger partial charge is 0.508 e. The van der Waals surface area contributed by atoms with Gasteiger partial charge in [-0.15, -0.1) is 0 Å². The van der Waals surface area contributed by atoms with E-state index in [2.05, 4.69) is 26.3 Å². The lowest BCUT2D eigenvalue weighted by Crippen LogP contribution is -2.56. The van der Waals surface area contributed by atoms with E-state index in [9.17, 15) is 44.1 Å². The number of carbonyl (C=O) groups is 6. The number of amides is 5. The average molecular weight is 610 g/mol. The molecule has 0 aromatic heterocycles. The monoisotopic (exact) mass is 609 g/mol. The van der Waals surface area contributed by atoms with Gasteiger partial charge in [-0.1, -0.05) is 12.1 Å². The second kappa shape index (κ2) is 17.8. The van der Waals surface area contributed by atoms with E-state index in [1.165, 1.54) is 12.1 Å². The molecule has 0 saturated carbocycles. The normalized spacial score (nSPS) is 14.1. The second-order valence-electron chi connectivity index (χ2n) is 9.56. The third-order valence-electron chi connectivity index (χ3n) is 5.83. The van der Waals surface area contributed by atoms with Crippen molar-refractivity contribution in [2.24, 2.45) is 27.9 Å². The number of nitrogens with one attached hydrogen (secondary N) is 4. The van der Waals surface area contributed by atoms with Crippen molar-refractivity contribution in [1.29, 1.82) is 0 Å². The first-order valence-electron chi connectivity index (χ1n) is 13.1. The molecule has 238 valence electrons. The lowest BCUT2D eigenvalue weighted by atomic mass is 10.0. The zero-order valence-electron chi connectivity index (χ0n) is 23.5. The summed E-state index contributed by atoms with van der Waals surface area (Å²) in [5, 5.41) is 37.3. The van der Waals surface area contributed by atoms with Crippen molar-refractivity contribution in [2.75, 3.05) is 13.1 Å². The number of nitrogens with two attached hydrogens (primary N) is 4. The summed E-state index contributed by atoms with van der Waals surface area (Å²) in [6.07, 6.45) is -1.88.